The number of ether oxygens (including phenoxy) is 1. The van der Waals surface area contributed by atoms with Gasteiger partial charge in [-0.15, -0.1) is 13.2 Å². The number of aliphatic hydroxyl groups excluding tert-OH is 1. The Bertz CT molecular complexity index is 862. The van der Waals surface area contributed by atoms with Crippen LogP contribution in [0.4, 0.5) is 19.0 Å². The van der Waals surface area contributed by atoms with Crippen molar-refractivity contribution in [3.8, 4) is 5.75 Å². The normalized spacial score (nSPS) is 13.0. The van der Waals surface area contributed by atoms with Crippen LogP contribution in [0.15, 0.2) is 42.7 Å². The molecule has 0 saturated carbocycles. The van der Waals surface area contributed by atoms with Gasteiger partial charge in [0.1, 0.15) is 17.9 Å². The Kier molecular flexibility index (Phi) is 4.49. The molecule has 1 atom stereocenters. The number of benzene rings is 1. The second-order valence-electron chi connectivity index (χ2n) is 5.42. The molecular formula is C16H15F3N4O2. The average molecular weight is 352 g/mol. The van der Waals surface area contributed by atoms with Gasteiger partial charge in [-0.3, -0.25) is 0 Å². The van der Waals surface area contributed by atoms with Gasteiger partial charge in [0.25, 0.3) is 0 Å². The van der Waals surface area contributed by atoms with E-state index >= 15 is 0 Å². The molecule has 3 aromatic rings. The van der Waals surface area contributed by atoms with Crippen molar-refractivity contribution in [3.63, 3.8) is 0 Å². The smallest absolute Gasteiger partial charge is 0.406 e. The first-order valence-corrected chi connectivity index (χ1v) is 7.41. The van der Waals surface area contributed by atoms with Gasteiger partial charge in [-0.1, -0.05) is 12.1 Å². The first-order valence-electron chi connectivity index (χ1n) is 7.41. The highest BCUT2D eigenvalue weighted by Crippen LogP contribution is 2.26. The zero-order valence-electron chi connectivity index (χ0n) is 13.2. The second-order valence-corrected chi connectivity index (χ2v) is 5.42. The summed E-state index contributed by atoms with van der Waals surface area (Å²) >= 11 is 0. The molecular weight excluding hydrogens is 337 g/mol. The molecule has 0 saturated heterocycles. The Morgan fingerprint density at radius 1 is 1.24 bits per heavy atom. The molecule has 0 radical (unpaired) electrons. The van der Waals surface area contributed by atoms with Crippen molar-refractivity contribution >= 4 is 11.5 Å². The van der Waals surface area contributed by atoms with Gasteiger partial charge in [-0.25, -0.2) is 4.98 Å². The molecule has 0 aliphatic carbocycles. The van der Waals surface area contributed by atoms with Crippen LogP contribution in [0.25, 0.3) is 5.65 Å². The number of hydrogen-bond acceptors (Lipinski definition) is 5. The fourth-order valence-electron chi connectivity index (χ4n) is 2.44. The standard InChI is InChI=1S/C16H15F3N4O2/c1-10(12-2-4-13(5-3-12)25-16(17,18)19)22-15-7-11(8-24)6-14-20-9-21-23(14)15/h2-7,9-10,22,24H,8H2,1H3/t10-/m1/s1. The third kappa shape index (κ3) is 4.00. The Hall–Kier alpha value is -2.81. The molecule has 0 spiro atoms. The van der Waals surface area contributed by atoms with Gasteiger partial charge in [-0.2, -0.15) is 9.61 Å². The van der Waals surface area contributed by atoms with Gasteiger partial charge in [0.15, 0.2) is 5.65 Å². The van der Waals surface area contributed by atoms with Crippen LogP contribution in [0.1, 0.15) is 24.1 Å². The molecule has 2 aromatic heterocycles. The fourth-order valence-corrected chi connectivity index (χ4v) is 2.44. The number of fused-ring (bicyclic) bond motifs is 1. The van der Waals surface area contributed by atoms with Crippen molar-refractivity contribution in [2.75, 3.05) is 5.32 Å². The summed E-state index contributed by atoms with van der Waals surface area (Å²) in [5.74, 6) is 0.339. The summed E-state index contributed by atoms with van der Waals surface area (Å²) in [5.41, 5.74) is 2.01. The predicted molar refractivity (Wildman–Crippen MR) is 84.1 cm³/mol. The highest BCUT2D eigenvalue weighted by molar-refractivity contribution is 5.52. The van der Waals surface area contributed by atoms with Crippen molar-refractivity contribution < 1.29 is 23.0 Å². The summed E-state index contributed by atoms with van der Waals surface area (Å²) < 4.78 is 42.1. The maximum Gasteiger partial charge on any atom is 0.573 e. The molecule has 0 amide bonds. The van der Waals surface area contributed by atoms with E-state index in [1.807, 2.05) is 6.92 Å². The first kappa shape index (κ1) is 17.0. The quantitative estimate of drug-likeness (QED) is 0.737. The number of aliphatic hydroxyl groups is 1. The third-order valence-electron chi connectivity index (χ3n) is 3.60. The Morgan fingerprint density at radius 3 is 2.60 bits per heavy atom. The molecule has 0 aliphatic heterocycles. The van der Waals surface area contributed by atoms with Gasteiger partial charge >= 0.3 is 6.36 Å². The molecule has 0 bridgehead atoms. The number of anilines is 1. The van der Waals surface area contributed by atoms with Gasteiger partial charge in [-0.05, 0) is 42.3 Å². The average Bonchev–Trinajstić information content (AvgIpc) is 3.02. The molecule has 0 unspecified atom stereocenters. The van der Waals surface area contributed by atoms with E-state index in [9.17, 15) is 18.3 Å². The molecule has 2 N–H and O–H groups in total. The summed E-state index contributed by atoms with van der Waals surface area (Å²) in [6.07, 6.45) is -3.32. The van der Waals surface area contributed by atoms with Crippen LogP contribution in [0.3, 0.4) is 0 Å². The lowest BCUT2D eigenvalue weighted by Crippen LogP contribution is -2.17. The van der Waals surface area contributed by atoms with Gasteiger partial charge < -0.3 is 15.2 Å². The lowest BCUT2D eigenvalue weighted by Gasteiger charge is -2.17. The van der Waals surface area contributed by atoms with E-state index in [1.165, 1.54) is 18.5 Å². The Balaban J connectivity index is 1.80. The maximum absolute atomic E-state index is 12.2. The lowest BCUT2D eigenvalue weighted by molar-refractivity contribution is -0.274. The zero-order chi connectivity index (χ0) is 18.0. The number of rotatable bonds is 5. The van der Waals surface area contributed by atoms with E-state index in [0.717, 1.165) is 5.56 Å². The molecule has 25 heavy (non-hydrogen) atoms. The summed E-state index contributed by atoms with van der Waals surface area (Å²) in [7, 11) is 0. The van der Waals surface area contributed by atoms with E-state index in [2.05, 4.69) is 20.1 Å². The highest BCUT2D eigenvalue weighted by Gasteiger charge is 2.31. The third-order valence-corrected chi connectivity index (χ3v) is 3.60. The number of aromatic nitrogens is 3. The molecule has 3 rings (SSSR count). The molecule has 1 aromatic carbocycles. The van der Waals surface area contributed by atoms with Crippen LogP contribution in [-0.4, -0.2) is 26.1 Å². The van der Waals surface area contributed by atoms with Crippen LogP contribution >= 0.6 is 0 Å². The molecule has 132 valence electrons. The SMILES string of the molecule is C[C@@H](Nc1cc(CO)cc2ncnn12)c1ccc(OC(F)(F)F)cc1. The van der Waals surface area contributed by atoms with Crippen LogP contribution in [0.2, 0.25) is 0 Å². The molecule has 9 heteroatoms. The van der Waals surface area contributed by atoms with Crippen molar-refractivity contribution in [2.24, 2.45) is 0 Å². The minimum atomic E-state index is -4.71. The maximum atomic E-state index is 12.2. The van der Waals surface area contributed by atoms with Gasteiger partial charge in [0, 0.05) is 6.04 Å². The number of nitrogens with one attached hydrogen (secondary N) is 1. The van der Waals surface area contributed by atoms with Crippen molar-refractivity contribution in [1.82, 2.24) is 14.6 Å². The minimum Gasteiger partial charge on any atom is -0.406 e. The summed E-state index contributed by atoms with van der Waals surface area (Å²) in [6, 6.07) is 8.85. The summed E-state index contributed by atoms with van der Waals surface area (Å²) in [6.45, 7) is 1.71. The van der Waals surface area contributed by atoms with E-state index in [4.69, 9.17) is 0 Å². The van der Waals surface area contributed by atoms with Crippen molar-refractivity contribution in [3.05, 3.63) is 53.9 Å². The lowest BCUT2D eigenvalue weighted by atomic mass is 10.1. The van der Waals surface area contributed by atoms with Crippen molar-refractivity contribution in [2.45, 2.75) is 25.9 Å². The van der Waals surface area contributed by atoms with E-state index in [1.54, 1.807) is 28.8 Å². The fraction of sp³-hybridized carbons (Fsp3) is 0.250. The number of pyridine rings is 1. The number of alkyl halides is 3. The Labute approximate surface area is 140 Å². The second kappa shape index (κ2) is 6.60. The molecule has 2 heterocycles. The number of halogens is 3. The number of hydrogen-bond donors (Lipinski definition) is 2. The van der Waals surface area contributed by atoms with Gasteiger partial charge in [0.2, 0.25) is 0 Å². The first-order chi connectivity index (χ1) is 11.9. The van der Waals surface area contributed by atoms with Gasteiger partial charge in [0.05, 0.1) is 6.61 Å². The van der Waals surface area contributed by atoms with Crippen LogP contribution in [0.5, 0.6) is 5.75 Å². The summed E-state index contributed by atoms with van der Waals surface area (Å²) in [4.78, 5) is 4.09. The van der Waals surface area contributed by atoms with Crippen LogP contribution in [0, 0.1) is 0 Å². The highest BCUT2D eigenvalue weighted by atomic mass is 19.4. The van der Waals surface area contributed by atoms with E-state index < -0.39 is 6.36 Å². The largest absolute Gasteiger partial charge is 0.573 e. The van der Waals surface area contributed by atoms with E-state index in [0.29, 0.717) is 17.0 Å². The summed E-state index contributed by atoms with van der Waals surface area (Å²) in [5, 5.41) is 16.7. The Morgan fingerprint density at radius 2 is 1.96 bits per heavy atom. The topological polar surface area (TPSA) is 71.7 Å². The monoisotopic (exact) mass is 352 g/mol. The zero-order valence-corrected chi connectivity index (χ0v) is 13.2. The van der Waals surface area contributed by atoms with Crippen molar-refractivity contribution in [1.29, 1.82) is 0 Å². The van der Waals surface area contributed by atoms with Crippen LogP contribution in [-0.2, 0) is 6.61 Å². The molecule has 0 fully saturated rings. The molecule has 6 nitrogen and oxygen atoms in total. The predicted octanol–water partition coefficient (Wildman–Crippen LogP) is 3.29. The minimum absolute atomic E-state index is 0.143. The number of nitrogens with zero attached hydrogens (tertiary/aromatic N) is 3. The molecule has 0 aliphatic rings. The van der Waals surface area contributed by atoms with E-state index in [-0.39, 0.29) is 18.4 Å². The van der Waals surface area contributed by atoms with Crippen LogP contribution < -0.4 is 10.1 Å².